The van der Waals surface area contributed by atoms with Crippen LogP contribution in [0.15, 0.2) is 40.2 Å². The van der Waals surface area contributed by atoms with Crippen LogP contribution < -0.4 is 11.3 Å². The predicted molar refractivity (Wildman–Crippen MR) is 93.3 cm³/mol. The second kappa shape index (κ2) is 7.20. The standard InChI is InChI=1S/C14H16Cl2N4O3S/c1-9(7-17)19(2)24(22,23)11-5-3-10(4-6-11)20-14(21)13(16)12(15)8-18-20/h3-6,8-9H,7,17H2,1-2H3. The summed E-state index contributed by atoms with van der Waals surface area (Å²) in [6.45, 7) is 1.92. The molecule has 0 bridgehead atoms. The fraction of sp³-hybridized carbons (Fsp3) is 0.286. The first kappa shape index (κ1) is 18.9. The molecule has 0 radical (unpaired) electrons. The Morgan fingerprint density at radius 2 is 1.88 bits per heavy atom. The summed E-state index contributed by atoms with van der Waals surface area (Å²) in [5.41, 5.74) is 5.29. The maximum Gasteiger partial charge on any atom is 0.291 e. The number of likely N-dealkylation sites (N-methyl/N-ethyl adjacent to an activating group) is 1. The number of hydrogen-bond acceptors (Lipinski definition) is 5. The van der Waals surface area contributed by atoms with Crippen LogP contribution >= 0.6 is 23.2 Å². The predicted octanol–water partition coefficient (Wildman–Crippen LogP) is 1.51. The zero-order chi connectivity index (χ0) is 18.1. The molecule has 0 spiro atoms. The summed E-state index contributed by atoms with van der Waals surface area (Å²) in [4.78, 5) is 12.1. The van der Waals surface area contributed by atoms with Crippen molar-refractivity contribution in [1.29, 1.82) is 0 Å². The minimum absolute atomic E-state index is 0.0505. The molecule has 0 saturated carbocycles. The van der Waals surface area contributed by atoms with Gasteiger partial charge in [0.15, 0.2) is 0 Å². The summed E-state index contributed by atoms with van der Waals surface area (Å²) < 4.78 is 27.2. The van der Waals surface area contributed by atoms with E-state index in [9.17, 15) is 13.2 Å². The van der Waals surface area contributed by atoms with Crippen molar-refractivity contribution in [1.82, 2.24) is 14.1 Å². The molecule has 10 heteroatoms. The van der Waals surface area contributed by atoms with Gasteiger partial charge >= 0.3 is 0 Å². The van der Waals surface area contributed by atoms with Gasteiger partial charge in [0.2, 0.25) is 10.0 Å². The maximum absolute atomic E-state index is 12.5. The summed E-state index contributed by atoms with van der Waals surface area (Å²) in [6.07, 6.45) is 1.24. The third kappa shape index (κ3) is 3.47. The first-order valence-electron chi connectivity index (χ1n) is 6.92. The lowest BCUT2D eigenvalue weighted by Crippen LogP contribution is -2.39. The van der Waals surface area contributed by atoms with Crippen molar-refractivity contribution < 1.29 is 8.42 Å². The highest BCUT2D eigenvalue weighted by atomic mass is 35.5. The molecule has 0 aliphatic heterocycles. The van der Waals surface area contributed by atoms with Crippen LogP contribution in [0.1, 0.15) is 6.92 Å². The van der Waals surface area contributed by atoms with Gasteiger partial charge in [0.05, 0.1) is 21.8 Å². The van der Waals surface area contributed by atoms with Crippen LogP contribution in [0, 0.1) is 0 Å². The van der Waals surface area contributed by atoms with E-state index in [0.717, 1.165) is 4.68 Å². The number of rotatable bonds is 5. The van der Waals surface area contributed by atoms with E-state index in [4.69, 9.17) is 28.9 Å². The Morgan fingerprint density at radius 3 is 2.42 bits per heavy atom. The van der Waals surface area contributed by atoms with Gasteiger partial charge in [-0.3, -0.25) is 4.79 Å². The molecule has 0 aliphatic rings. The Kier molecular flexibility index (Phi) is 5.67. The van der Waals surface area contributed by atoms with E-state index < -0.39 is 15.6 Å². The minimum Gasteiger partial charge on any atom is -0.329 e. The van der Waals surface area contributed by atoms with Crippen molar-refractivity contribution in [3.63, 3.8) is 0 Å². The van der Waals surface area contributed by atoms with Gasteiger partial charge in [-0.05, 0) is 31.2 Å². The summed E-state index contributed by atoms with van der Waals surface area (Å²) >= 11 is 11.5. The lowest BCUT2D eigenvalue weighted by Gasteiger charge is -2.23. The van der Waals surface area contributed by atoms with Crippen LogP contribution in [0.25, 0.3) is 5.69 Å². The number of nitrogens with zero attached hydrogens (tertiary/aromatic N) is 3. The lowest BCUT2D eigenvalue weighted by molar-refractivity contribution is 0.394. The molecule has 1 heterocycles. The molecule has 24 heavy (non-hydrogen) atoms. The second-order valence-corrected chi connectivity index (χ2v) is 7.91. The quantitative estimate of drug-likeness (QED) is 0.833. The third-order valence-corrected chi connectivity index (χ3v) is 6.33. The Balaban J connectivity index is 2.42. The largest absolute Gasteiger partial charge is 0.329 e. The number of benzene rings is 1. The van der Waals surface area contributed by atoms with Crippen molar-refractivity contribution in [3.8, 4) is 5.69 Å². The molecule has 2 N–H and O–H groups in total. The maximum atomic E-state index is 12.5. The Labute approximate surface area is 149 Å². The van der Waals surface area contributed by atoms with Gasteiger partial charge in [-0.2, -0.15) is 14.1 Å². The molecule has 1 unspecified atom stereocenters. The van der Waals surface area contributed by atoms with Gasteiger partial charge in [0.1, 0.15) is 5.02 Å². The fourth-order valence-corrected chi connectivity index (χ4v) is 3.53. The molecule has 1 aromatic carbocycles. The number of hydrogen-bond donors (Lipinski definition) is 1. The van der Waals surface area contributed by atoms with E-state index in [2.05, 4.69) is 5.10 Å². The molecule has 0 saturated heterocycles. The first-order chi connectivity index (χ1) is 11.2. The number of aromatic nitrogens is 2. The number of halogens is 2. The van der Waals surface area contributed by atoms with Crippen molar-refractivity contribution in [2.75, 3.05) is 13.6 Å². The highest BCUT2D eigenvalue weighted by Gasteiger charge is 2.24. The van der Waals surface area contributed by atoms with Crippen molar-refractivity contribution in [2.24, 2.45) is 5.73 Å². The Hall–Kier alpha value is -1.45. The SMILES string of the molecule is CC(CN)N(C)S(=O)(=O)c1ccc(-n2ncc(Cl)c(Cl)c2=O)cc1. The van der Waals surface area contributed by atoms with Crippen molar-refractivity contribution in [3.05, 3.63) is 50.9 Å². The van der Waals surface area contributed by atoms with Crippen molar-refractivity contribution >= 4 is 33.2 Å². The normalized spacial score (nSPS) is 13.2. The van der Waals surface area contributed by atoms with Gasteiger partial charge < -0.3 is 5.73 Å². The summed E-state index contributed by atoms with van der Waals surface area (Å²) in [5, 5.41) is 3.79. The van der Waals surface area contributed by atoms with Crippen LogP contribution in [0.4, 0.5) is 0 Å². The zero-order valence-corrected chi connectivity index (χ0v) is 15.3. The topological polar surface area (TPSA) is 98.3 Å². The fourth-order valence-electron chi connectivity index (χ4n) is 1.91. The van der Waals surface area contributed by atoms with E-state index in [-0.39, 0.29) is 27.5 Å². The lowest BCUT2D eigenvalue weighted by atomic mass is 10.3. The van der Waals surface area contributed by atoms with Gasteiger partial charge in [-0.25, -0.2) is 8.42 Å². The van der Waals surface area contributed by atoms with Gasteiger partial charge in [0.25, 0.3) is 5.56 Å². The summed E-state index contributed by atoms with van der Waals surface area (Å²) in [7, 11) is -2.21. The van der Waals surface area contributed by atoms with E-state index >= 15 is 0 Å². The molecule has 1 aromatic heterocycles. The second-order valence-electron chi connectivity index (χ2n) is 5.12. The van der Waals surface area contributed by atoms with E-state index in [1.54, 1.807) is 6.92 Å². The molecule has 1 atom stereocenters. The van der Waals surface area contributed by atoms with Gasteiger partial charge in [-0.15, -0.1) is 0 Å². The molecule has 7 nitrogen and oxygen atoms in total. The minimum atomic E-state index is -3.68. The Bertz CT molecular complexity index is 897. The molecule has 130 valence electrons. The molecule has 0 aliphatic carbocycles. The number of sulfonamides is 1. The van der Waals surface area contributed by atoms with Crippen LogP contribution in [-0.4, -0.2) is 42.1 Å². The molecule has 2 rings (SSSR count). The average Bonchev–Trinajstić information content (AvgIpc) is 2.58. The van der Waals surface area contributed by atoms with E-state index in [0.29, 0.717) is 5.69 Å². The van der Waals surface area contributed by atoms with Gasteiger partial charge in [0, 0.05) is 19.6 Å². The van der Waals surface area contributed by atoms with Gasteiger partial charge in [-0.1, -0.05) is 23.2 Å². The van der Waals surface area contributed by atoms with Crippen LogP contribution in [-0.2, 0) is 10.0 Å². The zero-order valence-electron chi connectivity index (χ0n) is 13.0. The first-order valence-corrected chi connectivity index (χ1v) is 9.11. The molecule has 2 aromatic rings. The smallest absolute Gasteiger partial charge is 0.291 e. The van der Waals surface area contributed by atoms with Crippen molar-refractivity contribution in [2.45, 2.75) is 17.9 Å². The highest BCUT2D eigenvalue weighted by molar-refractivity contribution is 7.89. The average molecular weight is 391 g/mol. The molecule has 0 fully saturated rings. The molecular formula is C14H16Cl2N4O3S. The van der Waals surface area contributed by atoms with E-state index in [1.165, 1.54) is 41.8 Å². The summed E-state index contributed by atoms with van der Waals surface area (Å²) in [5.74, 6) is 0. The third-order valence-electron chi connectivity index (χ3n) is 3.60. The number of nitrogens with two attached hydrogens (primary N) is 1. The van der Waals surface area contributed by atoms with Crippen LogP contribution in [0.3, 0.4) is 0 Å². The molecular weight excluding hydrogens is 375 g/mol. The summed E-state index contributed by atoms with van der Waals surface area (Å²) in [6, 6.07) is 5.37. The Morgan fingerprint density at radius 1 is 1.29 bits per heavy atom. The molecule has 0 amide bonds. The van der Waals surface area contributed by atoms with Crippen LogP contribution in [0.5, 0.6) is 0 Å². The monoisotopic (exact) mass is 390 g/mol. The van der Waals surface area contributed by atoms with E-state index in [1.807, 2.05) is 0 Å². The van der Waals surface area contributed by atoms with Crippen LogP contribution in [0.2, 0.25) is 10.0 Å². The highest BCUT2D eigenvalue weighted by Crippen LogP contribution is 2.19.